The molecule has 6 aromatic rings. The van der Waals surface area contributed by atoms with Crippen molar-refractivity contribution in [2.75, 3.05) is 10.6 Å². The topological polar surface area (TPSA) is 190 Å². The van der Waals surface area contributed by atoms with E-state index in [2.05, 4.69) is 62.2 Å². The van der Waals surface area contributed by atoms with Crippen LogP contribution < -0.4 is 10.6 Å². The van der Waals surface area contributed by atoms with Crippen LogP contribution in [0.15, 0.2) is 103 Å². The molecule has 0 bridgehead atoms. The number of nitrogens with one attached hydrogen (secondary N) is 4. The number of aromatic nitrogens is 4. The van der Waals surface area contributed by atoms with Gasteiger partial charge in [0, 0.05) is 23.5 Å². The van der Waals surface area contributed by atoms with Crippen molar-refractivity contribution >= 4 is 35.3 Å². The highest BCUT2D eigenvalue weighted by Gasteiger charge is 2.07. The molecule has 0 amide bonds. The average Bonchev–Trinajstić information content (AvgIpc) is 3.72. The van der Waals surface area contributed by atoms with Crippen molar-refractivity contribution in [3.05, 3.63) is 120 Å². The van der Waals surface area contributed by atoms with Crippen LogP contribution in [0.4, 0.5) is 23.0 Å². The number of aryl methyl sites for hydroxylation is 3. The largest absolute Gasteiger partial charge is 0.508 e. The van der Waals surface area contributed by atoms with Gasteiger partial charge < -0.3 is 20.8 Å². The SMILES string of the molecule is Cc1cc(O)ccc1Nc1cc(-c2ccccc2)[nH]n1.Cc1ccc(-c2cc(Nc3ccc(O)cc3C)n[nH]2)cc1.O=C=O.O=C=O. The Balaban J connectivity index is 0.000000219. The lowest BCUT2D eigenvalue weighted by atomic mass is 10.1. The number of H-pyrrole nitrogens is 2. The summed E-state index contributed by atoms with van der Waals surface area (Å²) in [6.45, 7) is 5.94. The minimum absolute atomic E-state index is 0.250. The van der Waals surface area contributed by atoms with E-state index in [1.165, 1.54) is 5.56 Å². The first-order valence-electron chi connectivity index (χ1n) is 14.0. The van der Waals surface area contributed by atoms with Gasteiger partial charge in [-0.3, -0.25) is 10.2 Å². The van der Waals surface area contributed by atoms with Gasteiger partial charge in [-0.05, 0) is 79.4 Å². The number of carbonyl (C=O) groups excluding carboxylic acids is 4. The van der Waals surface area contributed by atoms with E-state index >= 15 is 0 Å². The second-order valence-electron chi connectivity index (χ2n) is 9.98. The maximum atomic E-state index is 9.43. The number of hydrogen-bond acceptors (Lipinski definition) is 10. The molecule has 4 aromatic carbocycles. The fourth-order valence-electron chi connectivity index (χ4n) is 4.27. The molecule has 12 nitrogen and oxygen atoms in total. The molecule has 12 heteroatoms. The van der Waals surface area contributed by atoms with Crippen molar-refractivity contribution in [1.82, 2.24) is 20.4 Å². The highest BCUT2D eigenvalue weighted by molar-refractivity contribution is 5.69. The molecule has 0 atom stereocenters. The van der Waals surface area contributed by atoms with Crippen LogP contribution >= 0.6 is 0 Å². The maximum Gasteiger partial charge on any atom is 0.373 e. The van der Waals surface area contributed by atoms with Crippen LogP contribution in [-0.2, 0) is 19.2 Å². The van der Waals surface area contributed by atoms with E-state index in [0.717, 1.165) is 56.7 Å². The van der Waals surface area contributed by atoms with Crippen LogP contribution in [0.2, 0.25) is 0 Å². The lowest BCUT2D eigenvalue weighted by Gasteiger charge is -2.06. The number of rotatable bonds is 6. The van der Waals surface area contributed by atoms with Gasteiger partial charge >= 0.3 is 12.3 Å². The van der Waals surface area contributed by atoms with E-state index in [0.29, 0.717) is 0 Å². The number of aromatic amines is 2. The third-order valence-electron chi connectivity index (χ3n) is 6.55. The molecule has 2 heterocycles. The van der Waals surface area contributed by atoms with Gasteiger partial charge in [0.25, 0.3) is 0 Å². The fraction of sp³-hybridized carbons (Fsp3) is 0.0857. The number of benzene rings is 4. The van der Waals surface area contributed by atoms with Crippen molar-refractivity contribution in [3.8, 4) is 34.0 Å². The molecule has 0 fully saturated rings. The molecule has 6 N–H and O–H groups in total. The van der Waals surface area contributed by atoms with E-state index in [9.17, 15) is 10.2 Å². The summed E-state index contributed by atoms with van der Waals surface area (Å²) < 4.78 is 0. The molecule has 0 aliphatic heterocycles. The second-order valence-corrected chi connectivity index (χ2v) is 9.98. The normalized spacial score (nSPS) is 9.51. The number of hydrogen-bond donors (Lipinski definition) is 6. The third-order valence-corrected chi connectivity index (χ3v) is 6.55. The first-order valence-corrected chi connectivity index (χ1v) is 14.0. The van der Waals surface area contributed by atoms with Crippen LogP contribution in [0.25, 0.3) is 22.5 Å². The minimum Gasteiger partial charge on any atom is -0.508 e. The van der Waals surface area contributed by atoms with Crippen LogP contribution in [-0.4, -0.2) is 42.9 Å². The summed E-state index contributed by atoms with van der Waals surface area (Å²) in [7, 11) is 0. The van der Waals surface area contributed by atoms with E-state index in [1.807, 2.05) is 68.4 Å². The molecule has 0 saturated carbocycles. The molecule has 0 unspecified atom stereocenters. The van der Waals surface area contributed by atoms with Crippen molar-refractivity contribution < 1.29 is 29.4 Å². The maximum absolute atomic E-state index is 9.43. The molecule has 238 valence electrons. The zero-order valence-corrected chi connectivity index (χ0v) is 25.7. The Kier molecular flexibility index (Phi) is 13.0. The van der Waals surface area contributed by atoms with Crippen molar-refractivity contribution in [1.29, 1.82) is 0 Å². The first kappa shape index (κ1) is 34.7. The molecule has 0 radical (unpaired) electrons. The van der Waals surface area contributed by atoms with E-state index in [1.54, 1.807) is 24.3 Å². The van der Waals surface area contributed by atoms with Gasteiger partial charge in [0.15, 0.2) is 11.6 Å². The van der Waals surface area contributed by atoms with E-state index in [4.69, 9.17) is 19.2 Å². The van der Waals surface area contributed by atoms with E-state index in [-0.39, 0.29) is 23.8 Å². The molecule has 0 saturated heterocycles. The Morgan fingerprint density at radius 3 is 1.36 bits per heavy atom. The van der Waals surface area contributed by atoms with Gasteiger partial charge in [0.05, 0.1) is 11.4 Å². The molecular formula is C35H32N6O6. The Hall–Kier alpha value is -6.74. The highest BCUT2D eigenvalue weighted by atomic mass is 16.3. The summed E-state index contributed by atoms with van der Waals surface area (Å²) in [5, 5.41) is 39.9. The Morgan fingerprint density at radius 1 is 0.553 bits per heavy atom. The zero-order valence-electron chi connectivity index (χ0n) is 25.7. The minimum atomic E-state index is 0.250. The second kappa shape index (κ2) is 17.5. The van der Waals surface area contributed by atoms with Crippen LogP contribution in [0.5, 0.6) is 11.5 Å². The monoisotopic (exact) mass is 632 g/mol. The summed E-state index contributed by atoms with van der Waals surface area (Å²) in [6, 6.07) is 32.7. The molecular weight excluding hydrogens is 600 g/mol. The van der Waals surface area contributed by atoms with Crippen molar-refractivity contribution in [2.45, 2.75) is 20.8 Å². The molecule has 0 aliphatic rings. The number of anilines is 4. The van der Waals surface area contributed by atoms with Gasteiger partial charge in [-0.2, -0.15) is 29.4 Å². The van der Waals surface area contributed by atoms with Crippen molar-refractivity contribution in [2.24, 2.45) is 0 Å². The van der Waals surface area contributed by atoms with Crippen LogP contribution in [0.3, 0.4) is 0 Å². The van der Waals surface area contributed by atoms with Gasteiger partial charge in [0.2, 0.25) is 0 Å². The first-order chi connectivity index (χ1) is 22.7. The van der Waals surface area contributed by atoms with Crippen molar-refractivity contribution in [3.63, 3.8) is 0 Å². The molecule has 47 heavy (non-hydrogen) atoms. The summed E-state index contributed by atoms with van der Waals surface area (Å²) >= 11 is 0. The van der Waals surface area contributed by atoms with Crippen LogP contribution in [0, 0.1) is 20.8 Å². The zero-order chi connectivity index (χ0) is 34.2. The summed E-state index contributed by atoms with van der Waals surface area (Å²) in [6.07, 6.45) is 0.500. The predicted molar refractivity (Wildman–Crippen MR) is 175 cm³/mol. The number of phenols is 2. The van der Waals surface area contributed by atoms with Gasteiger partial charge in [0.1, 0.15) is 11.5 Å². The molecule has 2 aromatic heterocycles. The summed E-state index contributed by atoms with van der Waals surface area (Å²) in [4.78, 5) is 32.5. The van der Waals surface area contributed by atoms with Gasteiger partial charge in [-0.25, -0.2) is 0 Å². The summed E-state index contributed by atoms with van der Waals surface area (Å²) in [5.41, 5.74) is 9.14. The Morgan fingerprint density at radius 2 is 0.957 bits per heavy atom. The number of phenolic OH excluding ortho intramolecular Hbond substituents is 2. The summed E-state index contributed by atoms with van der Waals surface area (Å²) in [5.74, 6) is 2.03. The Bertz CT molecular complexity index is 1930. The van der Waals surface area contributed by atoms with Gasteiger partial charge in [-0.15, -0.1) is 0 Å². The standard InChI is InChI=1S/C17H17N3O.C16H15N3O.2CO2/c1-11-3-5-13(6-4-11)16-10-17(20-19-16)18-15-8-7-14(21)9-12(15)2;1-11-9-13(20)7-8-14(11)17-16-10-15(18-19-16)12-5-3-2-4-6-12;2*2-1-3/h3-10,21H,1-2H3,(H2,18,19,20);2-10,20H,1H3,(H2,17,18,19);;. The number of nitrogens with zero attached hydrogens (tertiary/aromatic N) is 2. The lowest BCUT2D eigenvalue weighted by molar-refractivity contribution is -0.193. The number of aromatic hydroxyl groups is 2. The van der Waals surface area contributed by atoms with E-state index < -0.39 is 0 Å². The molecule has 6 rings (SSSR count). The predicted octanol–water partition coefficient (Wildman–Crippen LogP) is 6.81. The third kappa shape index (κ3) is 10.7. The molecule has 0 spiro atoms. The lowest BCUT2D eigenvalue weighted by Crippen LogP contribution is -1.92. The average molecular weight is 633 g/mol. The molecule has 0 aliphatic carbocycles. The quantitative estimate of drug-likeness (QED) is 0.106. The fourth-order valence-corrected chi connectivity index (χ4v) is 4.27. The Labute approximate surface area is 270 Å². The smallest absolute Gasteiger partial charge is 0.373 e. The van der Waals surface area contributed by atoms with Crippen LogP contribution in [0.1, 0.15) is 16.7 Å². The van der Waals surface area contributed by atoms with Gasteiger partial charge in [-0.1, -0.05) is 60.2 Å². The highest BCUT2D eigenvalue weighted by Crippen LogP contribution is 2.27.